The van der Waals surface area contributed by atoms with Crippen molar-refractivity contribution in [3.8, 4) is 5.75 Å². The predicted molar refractivity (Wildman–Crippen MR) is 95.1 cm³/mol. The van der Waals surface area contributed by atoms with Crippen molar-refractivity contribution in [1.29, 1.82) is 0 Å². The molecule has 1 heterocycles. The molecular weight excluding hydrogens is 318 g/mol. The lowest BCUT2D eigenvalue weighted by molar-refractivity contribution is -0.351. The monoisotopic (exact) mass is 347 g/mol. The molecule has 0 bridgehead atoms. The molecule has 3 rings (SSSR count). The molecular formula is C20H29NO4. The summed E-state index contributed by atoms with van der Waals surface area (Å²) in [5.41, 5.74) is 0.269. The molecule has 1 aromatic carbocycles. The van der Waals surface area contributed by atoms with Crippen LogP contribution >= 0.6 is 0 Å². The Morgan fingerprint density at radius 3 is 2.72 bits per heavy atom. The van der Waals surface area contributed by atoms with Gasteiger partial charge in [-0.15, -0.1) is 0 Å². The van der Waals surface area contributed by atoms with Gasteiger partial charge in [0.2, 0.25) is 5.91 Å². The van der Waals surface area contributed by atoms with Crippen LogP contribution in [-0.4, -0.2) is 23.7 Å². The number of hydrogen-bond acceptors (Lipinski definition) is 4. The van der Waals surface area contributed by atoms with Crippen molar-refractivity contribution in [3.05, 3.63) is 29.8 Å². The first-order chi connectivity index (χ1) is 12.0. The highest BCUT2D eigenvalue weighted by molar-refractivity contribution is 5.77. The van der Waals surface area contributed by atoms with Crippen molar-refractivity contribution in [2.75, 3.05) is 6.61 Å². The second kappa shape index (κ2) is 7.75. The highest BCUT2D eigenvalue weighted by Crippen LogP contribution is 2.46. The van der Waals surface area contributed by atoms with E-state index in [1.165, 1.54) is 19.3 Å². The summed E-state index contributed by atoms with van der Waals surface area (Å²) in [4.78, 5) is 23.8. The Bertz CT molecular complexity index is 597. The number of benzene rings is 1. The summed E-state index contributed by atoms with van der Waals surface area (Å²) in [6.07, 6.45) is 6.80. The maximum absolute atomic E-state index is 12.4. The molecule has 5 nitrogen and oxygen atoms in total. The molecule has 1 saturated carbocycles. The molecule has 0 radical (unpaired) electrons. The summed E-state index contributed by atoms with van der Waals surface area (Å²) in [7, 11) is 0. The Morgan fingerprint density at radius 2 is 1.96 bits per heavy atom. The molecule has 2 fully saturated rings. The molecule has 138 valence electrons. The lowest BCUT2D eigenvalue weighted by Gasteiger charge is -2.30. The molecule has 1 aliphatic heterocycles. The Labute approximate surface area is 150 Å². The normalized spacial score (nSPS) is 25.0. The molecule has 1 aromatic rings. The van der Waals surface area contributed by atoms with Crippen LogP contribution in [0, 0.1) is 0 Å². The fourth-order valence-electron chi connectivity index (χ4n) is 4.02. The van der Waals surface area contributed by atoms with Crippen molar-refractivity contribution in [2.24, 2.45) is 0 Å². The number of amides is 1. The molecule has 1 spiro atoms. The number of rotatable bonds is 6. The minimum atomic E-state index is -0.541. The number of ether oxygens (including phenoxy) is 1. The summed E-state index contributed by atoms with van der Waals surface area (Å²) >= 11 is 0. The van der Waals surface area contributed by atoms with E-state index in [1.807, 2.05) is 38.1 Å². The van der Waals surface area contributed by atoms with Gasteiger partial charge in [0.15, 0.2) is 0 Å². The molecule has 0 aromatic heterocycles. The van der Waals surface area contributed by atoms with Crippen LogP contribution in [0.3, 0.4) is 0 Å². The average Bonchev–Trinajstić information content (AvgIpc) is 2.91. The minimum Gasteiger partial charge on any atom is -0.494 e. The molecule has 1 saturated heterocycles. The first-order valence-corrected chi connectivity index (χ1v) is 9.38. The number of nitrogens with one attached hydrogen (secondary N) is 1. The van der Waals surface area contributed by atoms with Crippen molar-refractivity contribution in [2.45, 2.75) is 76.5 Å². The standard InChI is InChI=1S/C20H29NO4/c1-3-23-17-10-6-5-9-16(17)14-21-18(22)13-19(2)15-20(25-24-19)11-7-4-8-12-20/h5-6,9-10H,3-4,7-8,11-15H2,1-2H3,(H,21,22). The zero-order chi connectivity index (χ0) is 17.8. The maximum Gasteiger partial charge on any atom is 0.223 e. The number of carbonyl (C=O) groups excluding carboxylic acids is 1. The van der Waals surface area contributed by atoms with Gasteiger partial charge in [-0.1, -0.05) is 37.5 Å². The second-order valence-corrected chi connectivity index (χ2v) is 7.53. The fourth-order valence-corrected chi connectivity index (χ4v) is 4.02. The smallest absolute Gasteiger partial charge is 0.223 e. The largest absolute Gasteiger partial charge is 0.494 e. The SMILES string of the molecule is CCOc1ccccc1CNC(=O)CC1(C)CC2(CCCCC2)OO1. The number of para-hydroxylation sites is 1. The summed E-state index contributed by atoms with van der Waals surface area (Å²) < 4.78 is 5.60. The van der Waals surface area contributed by atoms with Crippen LogP contribution in [0.2, 0.25) is 0 Å². The van der Waals surface area contributed by atoms with E-state index in [1.54, 1.807) is 0 Å². The number of hydrogen-bond donors (Lipinski definition) is 1. The first kappa shape index (κ1) is 18.2. The van der Waals surface area contributed by atoms with Gasteiger partial charge in [0.1, 0.15) is 17.0 Å². The third kappa shape index (κ3) is 4.53. The van der Waals surface area contributed by atoms with Crippen molar-refractivity contribution >= 4 is 5.91 Å². The maximum atomic E-state index is 12.4. The van der Waals surface area contributed by atoms with Gasteiger partial charge in [-0.25, -0.2) is 9.78 Å². The Hall–Kier alpha value is -1.59. The molecule has 1 N–H and O–H groups in total. The van der Waals surface area contributed by atoms with Gasteiger partial charge in [0, 0.05) is 18.5 Å². The van der Waals surface area contributed by atoms with E-state index < -0.39 is 5.60 Å². The van der Waals surface area contributed by atoms with Crippen molar-refractivity contribution in [3.63, 3.8) is 0 Å². The zero-order valence-electron chi connectivity index (χ0n) is 15.3. The Balaban J connectivity index is 1.53. The zero-order valence-corrected chi connectivity index (χ0v) is 15.3. The summed E-state index contributed by atoms with van der Waals surface area (Å²) in [6.45, 7) is 4.99. The Morgan fingerprint density at radius 1 is 1.20 bits per heavy atom. The van der Waals surface area contributed by atoms with E-state index in [9.17, 15) is 4.79 Å². The van der Waals surface area contributed by atoms with Gasteiger partial charge in [-0.3, -0.25) is 4.79 Å². The fraction of sp³-hybridized carbons (Fsp3) is 0.650. The van der Waals surface area contributed by atoms with Crippen LogP contribution in [0.5, 0.6) is 5.75 Å². The second-order valence-electron chi connectivity index (χ2n) is 7.53. The highest BCUT2D eigenvalue weighted by Gasteiger charge is 2.50. The quantitative estimate of drug-likeness (QED) is 0.793. The van der Waals surface area contributed by atoms with Crippen LogP contribution in [0.15, 0.2) is 24.3 Å². The van der Waals surface area contributed by atoms with Crippen molar-refractivity contribution in [1.82, 2.24) is 5.32 Å². The van der Waals surface area contributed by atoms with E-state index in [-0.39, 0.29) is 11.5 Å². The predicted octanol–water partition coefficient (Wildman–Crippen LogP) is 3.91. The van der Waals surface area contributed by atoms with Gasteiger partial charge in [0.05, 0.1) is 13.0 Å². The molecule has 25 heavy (non-hydrogen) atoms. The third-order valence-corrected chi connectivity index (χ3v) is 5.16. The highest BCUT2D eigenvalue weighted by atomic mass is 17.2. The summed E-state index contributed by atoms with van der Waals surface area (Å²) in [6, 6.07) is 7.78. The average molecular weight is 347 g/mol. The van der Waals surface area contributed by atoms with E-state index in [4.69, 9.17) is 14.5 Å². The van der Waals surface area contributed by atoms with Crippen LogP contribution in [0.4, 0.5) is 0 Å². The van der Waals surface area contributed by atoms with Crippen LogP contribution in [-0.2, 0) is 21.1 Å². The van der Waals surface area contributed by atoms with E-state index in [0.717, 1.165) is 30.6 Å². The third-order valence-electron chi connectivity index (χ3n) is 5.16. The van der Waals surface area contributed by atoms with Crippen LogP contribution < -0.4 is 10.1 Å². The minimum absolute atomic E-state index is 0.0229. The molecule has 5 heteroatoms. The van der Waals surface area contributed by atoms with Crippen LogP contribution in [0.25, 0.3) is 0 Å². The summed E-state index contributed by atoms with van der Waals surface area (Å²) in [5, 5.41) is 2.99. The van der Waals surface area contributed by atoms with E-state index >= 15 is 0 Å². The van der Waals surface area contributed by atoms with Crippen LogP contribution in [0.1, 0.15) is 64.4 Å². The molecule has 2 aliphatic rings. The van der Waals surface area contributed by atoms with E-state index in [2.05, 4.69) is 5.32 Å². The van der Waals surface area contributed by atoms with Gasteiger partial charge in [0.25, 0.3) is 0 Å². The molecule has 1 atom stereocenters. The number of carbonyl (C=O) groups is 1. The van der Waals surface area contributed by atoms with Crippen molar-refractivity contribution < 1.29 is 19.3 Å². The lowest BCUT2D eigenvalue weighted by Crippen LogP contribution is -2.37. The van der Waals surface area contributed by atoms with Gasteiger partial charge in [-0.2, -0.15) is 0 Å². The van der Waals surface area contributed by atoms with Gasteiger partial charge in [-0.05, 0) is 32.8 Å². The first-order valence-electron chi connectivity index (χ1n) is 9.38. The Kier molecular flexibility index (Phi) is 5.64. The lowest BCUT2D eigenvalue weighted by atomic mass is 9.77. The van der Waals surface area contributed by atoms with Gasteiger partial charge >= 0.3 is 0 Å². The van der Waals surface area contributed by atoms with Gasteiger partial charge < -0.3 is 10.1 Å². The summed E-state index contributed by atoms with van der Waals surface area (Å²) in [5.74, 6) is 0.795. The molecule has 1 unspecified atom stereocenters. The van der Waals surface area contributed by atoms with E-state index in [0.29, 0.717) is 19.6 Å². The molecule has 1 amide bonds. The topological polar surface area (TPSA) is 56.8 Å². The molecule has 1 aliphatic carbocycles.